The Morgan fingerprint density at radius 3 is 2.50 bits per heavy atom. The molecule has 1 aromatic carbocycles. The minimum absolute atomic E-state index is 0.855. The summed E-state index contributed by atoms with van der Waals surface area (Å²) in [5.41, 5.74) is 1.07. The summed E-state index contributed by atoms with van der Waals surface area (Å²) in [6, 6.07) is 7.95. The second-order valence-corrected chi connectivity index (χ2v) is 5.54. The standard InChI is InChI=1S/C15H21N3OS/c1-4-6-11-20-15-17-16-14(18(15)5-2)12-7-9-13(19-3)10-8-12/h7-10H,4-6,11H2,1-3H3. The second-order valence-electron chi connectivity index (χ2n) is 4.48. The Morgan fingerprint density at radius 1 is 1.15 bits per heavy atom. The first-order valence-electron chi connectivity index (χ1n) is 7.00. The van der Waals surface area contributed by atoms with Crippen molar-refractivity contribution in [1.29, 1.82) is 0 Å². The van der Waals surface area contributed by atoms with Gasteiger partial charge in [-0.1, -0.05) is 25.1 Å². The fraction of sp³-hybridized carbons (Fsp3) is 0.467. The Kier molecular flexibility index (Phi) is 5.47. The maximum atomic E-state index is 5.19. The van der Waals surface area contributed by atoms with E-state index in [0.29, 0.717) is 0 Å². The number of benzene rings is 1. The van der Waals surface area contributed by atoms with Crippen LogP contribution in [0.5, 0.6) is 5.75 Å². The van der Waals surface area contributed by atoms with Gasteiger partial charge in [-0.25, -0.2) is 0 Å². The van der Waals surface area contributed by atoms with E-state index in [9.17, 15) is 0 Å². The molecule has 4 nitrogen and oxygen atoms in total. The minimum atomic E-state index is 0.855. The van der Waals surface area contributed by atoms with E-state index >= 15 is 0 Å². The Morgan fingerprint density at radius 2 is 1.90 bits per heavy atom. The number of hydrogen-bond acceptors (Lipinski definition) is 4. The lowest BCUT2D eigenvalue weighted by atomic mass is 10.2. The summed E-state index contributed by atoms with van der Waals surface area (Å²) in [6.07, 6.45) is 2.41. The van der Waals surface area contributed by atoms with E-state index in [1.54, 1.807) is 18.9 Å². The van der Waals surface area contributed by atoms with E-state index in [0.717, 1.165) is 34.6 Å². The fourth-order valence-corrected chi connectivity index (χ4v) is 3.03. The summed E-state index contributed by atoms with van der Waals surface area (Å²) < 4.78 is 7.35. The van der Waals surface area contributed by atoms with Crippen molar-refractivity contribution in [2.24, 2.45) is 0 Å². The number of aromatic nitrogens is 3. The van der Waals surface area contributed by atoms with Gasteiger partial charge in [0.1, 0.15) is 5.75 Å². The summed E-state index contributed by atoms with van der Waals surface area (Å²) in [7, 11) is 1.67. The highest BCUT2D eigenvalue weighted by Gasteiger charge is 2.12. The van der Waals surface area contributed by atoms with Crippen LogP contribution in [0.1, 0.15) is 26.7 Å². The molecule has 0 spiro atoms. The Balaban J connectivity index is 2.22. The lowest BCUT2D eigenvalue weighted by molar-refractivity contribution is 0.415. The van der Waals surface area contributed by atoms with Crippen LogP contribution in [-0.4, -0.2) is 27.6 Å². The highest BCUT2D eigenvalue weighted by Crippen LogP contribution is 2.25. The van der Waals surface area contributed by atoms with E-state index in [4.69, 9.17) is 4.74 Å². The monoisotopic (exact) mass is 291 g/mol. The van der Waals surface area contributed by atoms with Gasteiger partial charge in [0.2, 0.25) is 0 Å². The third-order valence-electron chi connectivity index (χ3n) is 3.11. The van der Waals surface area contributed by atoms with Crippen LogP contribution >= 0.6 is 11.8 Å². The molecule has 0 atom stereocenters. The van der Waals surface area contributed by atoms with Crippen molar-refractivity contribution in [2.75, 3.05) is 12.9 Å². The molecule has 2 rings (SSSR count). The molecule has 0 aliphatic carbocycles. The highest BCUT2D eigenvalue weighted by molar-refractivity contribution is 7.99. The molecule has 0 saturated heterocycles. The second kappa shape index (κ2) is 7.33. The van der Waals surface area contributed by atoms with Crippen LogP contribution in [0.2, 0.25) is 0 Å². The zero-order chi connectivity index (χ0) is 14.4. The summed E-state index contributed by atoms with van der Waals surface area (Å²) in [5.74, 6) is 2.88. The molecule has 2 aromatic rings. The van der Waals surface area contributed by atoms with Crippen LogP contribution in [0.25, 0.3) is 11.4 Å². The maximum absolute atomic E-state index is 5.19. The first-order chi connectivity index (χ1) is 9.80. The van der Waals surface area contributed by atoms with E-state index in [1.807, 2.05) is 24.3 Å². The summed E-state index contributed by atoms with van der Waals surface area (Å²) >= 11 is 1.78. The van der Waals surface area contributed by atoms with Gasteiger partial charge in [0, 0.05) is 17.9 Å². The number of rotatable bonds is 7. The molecule has 0 fully saturated rings. The van der Waals surface area contributed by atoms with Gasteiger partial charge in [-0.2, -0.15) is 0 Å². The third-order valence-corrected chi connectivity index (χ3v) is 4.16. The van der Waals surface area contributed by atoms with E-state index in [2.05, 4.69) is 28.6 Å². The number of hydrogen-bond donors (Lipinski definition) is 0. The molecule has 0 bridgehead atoms. The van der Waals surface area contributed by atoms with Crippen LogP contribution in [0.4, 0.5) is 0 Å². The lowest BCUT2D eigenvalue weighted by Crippen LogP contribution is -2.00. The predicted octanol–water partition coefficient (Wildman–Crippen LogP) is 3.87. The minimum Gasteiger partial charge on any atom is -0.497 e. The van der Waals surface area contributed by atoms with Gasteiger partial charge in [0.25, 0.3) is 0 Å². The molecule has 0 saturated carbocycles. The van der Waals surface area contributed by atoms with E-state index < -0.39 is 0 Å². The largest absolute Gasteiger partial charge is 0.497 e. The zero-order valence-corrected chi connectivity index (χ0v) is 13.1. The van der Waals surface area contributed by atoms with Crippen molar-refractivity contribution in [1.82, 2.24) is 14.8 Å². The average Bonchev–Trinajstić information content (AvgIpc) is 2.90. The first-order valence-corrected chi connectivity index (χ1v) is 7.99. The molecular weight excluding hydrogens is 270 g/mol. The van der Waals surface area contributed by atoms with Gasteiger partial charge in [-0.3, -0.25) is 0 Å². The highest BCUT2D eigenvalue weighted by atomic mass is 32.2. The van der Waals surface area contributed by atoms with Crippen molar-refractivity contribution < 1.29 is 4.74 Å². The first kappa shape index (κ1) is 14.9. The molecule has 0 aliphatic rings. The summed E-state index contributed by atoms with van der Waals surface area (Å²) in [4.78, 5) is 0. The molecule has 5 heteroatoms. The van der Waals surface area contributed by atoms with Gasteiger partial charge in [0.05, 0.1) is 7.11 Å². The van der Waals surface area contributed by atoms with Gasteiger partial charge in [-0.15, -0.1) is 10.2 Å². The van der Waals surface area contributed by atoms with Gasteiger partial charge >= 0.3 is 0 Å². The number of ether oxygens (including phenoxy) is 1. The number of methoxy groups -OCH3 is 1. The maximum Gasteiger partial charge on any atom is 0.191 e. The molecule has 20 heavy (non-hydrogen) atoms. The van der Waals surface area contributed by atoms with Gasteiger partial charge < -0.3 is 9.30 Å². The van der Waals surface area contributed by atoms with E-state index in [1.165, 1.54) is 12.8 Å². The molecule has 0 unspecified atom stereocenters. The van der Waals surface area contributed by atoms with Crippen LogP contribution in [0.3, 0.4) is 0 Å². The number of thioether (sulfide) groups is 1. The van der Waals surface area contributed by atoms with Crippen LogP contribution in [0, 0.1) is 0 Å². The summed E-state index contributed by atoms with van der Waals surface area (Å²) in [5, 5.41) is 9.67. The van der Waals surface area contributed by atoms with Crippen molar-refractivity contribution in [2.45, 2.75) is 38.4 Å². The van der Waals surface area contributed by atoms with Crippen molar-refractivity contribution in [3.8, 4) is 17.1 Å². The Hall–Kier alpha value is -1.49. The molecule has 0 amide bonds. The van der Waals surface area contributed by atoms with Gasteiger partial charge in [-0.05, 0) is 37.6 Å². The molecule has 1 heterocycles. The van der Waals surface area contributed by atoms with E-state index in [-0.39, 0.29) is 0 Å². The zero-order valence-electron chi connectivity index (χ0n) is 12.3. The molecule has 0 N–H and O–H groups in total. The topological polar surface area (TPSA) is 39.9 Å². The predicted molar refractivity (Wildman–Crippen MR) is 83.3 cm³/mol. The van der Waals surface area contributed by atoms with Crippen LogP contribution in [-0.2, 0) is 6.54 Å². The Bertz CT molecular complexity index is 537. The average molecular weight is 291 g/mol. The normalized spacial score (nSPS) is 10.8. The van der Waals surface area contributed by atoms with Crippen LogP contribution < -0.4 is 4.74 Å². The lowest BCUT2D eigenvalue weighted by Gasteiger charge is -2.07. The number of unbranched alkanes of at least 4 members (excludes halogenated alkanes) is 1. The quantitative estimate of drug-likeness (QED) is 0.573. The van der Waals surface area contributed by atoms with Gasteiger partial charge in [0.15, 0.2) is 11.0 Å². The smallest absolute Gasteiger partial charge is 0.191 e. The Labute approximate surface area is 124 Å². The van der Waals surface area contributed by atoms with Crippen molar-refractivity contribution in [3.63, 3.8) is 0 Å². The fourth-order valence-electron chi connectivity index (χ4n) is 1.94. The van der Waals surface area contributed by atoms with Crippen molar-refractivity contribution in [3.05, 3.63) is 24.3 Å². The van der Waals surface area contributed by atoms with Crippen molar-refractivity contribution >= 4 is 11.8 Å². The molecule has 1 aromatic heterocycles. The molecule has 0 aliphatic heterocycles. The molecule has 108 valence electrons. The molecule has 0 radical (unpaired) electrons. The van der Waals surface area contributed by atoms with Crippen LogP contribution in [0.15, 0.2) is 29.4 Å². The summed E-state index contributed by atoms with van der Waals surface area (Å²) in [6.45, 7) is 5.21. The third kappa shape index (κ3) is 3.33. The number of nitrogens with zero attached hydrogens (tertiary/aromatic N) is 3. The SMILES string of the molecule is CCCCSc1nnc(-c2ccc(OC)cc2)n1CC. The molecular formula is C15H21N3OS.